The van der Waals surface area contributed by atoms with Crippen LogP contribution in [0.5, 0.6) is 0 Å². The Morgan fingerprint density at radius 2 is 1.88 bits per heavy atom. The summed E-state index contributed by atoms with van der Waals surface area (Å²) in [4.78, 5) is 14.6. The molecule has 0 unspecified atom stereocenters. The van der Waals surface area contributed by atoms with Crippen LogP contribution in [0.3, 0.4) is 0 Å². The highest BCUT2D eigenvalue weighted by Gasteiger charge is 2.22. The van der Waals surface area contributed by atoms with Crippen molar-refractivity contribution < 1.29 is 9.18 Å². The van der Waals surface area contributed by atoms with Gasteiger partial charge in [-0.25, -0.2) is 4.39 Å². The second kappa shape index (κ2) is 7.90. The number of hydrogen-bond acceptors (Lipinski definition) is 2. The van der Waals surface area contributed by atoms with Crippen molar-refractivity contribution in [3.05, 3.63) is 69.9 Å². The number of nitrogens with zero attached hydrogens (tertiary/aromatic N) is 1. The lowest BCUT2D eigenvalue weighted by Crippen LogP contribution is -2.44. The molecule has 1 aliphatic rings. The third-order valence-electron chi connectivity index (χ3n) is 4.35. The molecule has 0 saturated carbocycles. The van der Waals surface area contributed by atoms with Gasteiger partial charge in [0.05, 0.1) is 5.56 Å². The zero-order valence-electron chi connectivity index (χ0n) is 13.3. The Morgan fingerprint density at radius 3 is 2.54 bits per heavy atom. The standard InChI is InChI=1S/C19H20BrFN2O/c20-15-6-7-17(18(21)12-15)19(24)22-16-8-10-23(11-9-16)13-14-4-2-1-3-5-14/h1-7,12,16H,8-11,13H2,(H,22,24). The van der Waals surface area contributed by atoms with Crippen molar-refractivity contribution >= 4 is 21.8 Å². The summed E-state index contributed by atoms with van der Waals surface area (Å²) in [6, 6.07) is 15.0. The maximum atomic E-state index is 13.9. The zero-order valence-corrected chi connectivity index (χ0v) is 14.9. The number of rotatable bonds is 4. The van der Waals surface area contributed by atoms with Gasteiger partial charge in [0.25, 0.3) is 5.91 Å². The minimum absolute atomic E-state index is 0.102. The minimum Gasteiger partial charge on any atom is -0.349 e. The molecule has 126 valence electrons. The first-order valence-corrected chi connectivity index (χ1v) is 8.93. The van der Waals surface area contributed by atoms with E-state index in [4.69, 9.17) is 0 Å². The molecule has 1 amide bonds. The summed E-state index contributed by atoms with van der Waals surface area (Å²) in [5, 5.41) is 2.96. The molecule has 24 heavy (non-hydrogen) atoms. The average Bonchev–Trinajstić information content (AvgIpc) is 2.57. The second-order valence-corrected chi connectivity index (χ2v) is 7.05. The molecule has 5 heteroatoms. The van der Waals surface area contributed by atoms with Crippen molar-refractivity contribution in [2.45, 2.75) is 25.4 Å². The predicted molar refractivity (Wildman–Crippen MR) is 96.3 cm³/mol. The van der Waals surface area contributed by atoms with Crippen molar-refractivity contribution in [2.75, 3.05) is 13.1 Å². The fourth-order valence-electron chi connectivity index (χ4n) is 3.01. The van der Waals surface area contributed by atoms with Gasteiger partial charge in [-0.2, -0.15) is 0 Å². The lowest BCUT2D eigenvalue weighted by Gasteiger charge is -2.32. The lowest BCUT2D eigenvalue weighted by atomic mass is 10.0. The number of carbonyl (C=O) groups excluding carboxylic acids is 1. The quantitative estimate of drug-likeness (QED) is 0.855. The molecule has 3 rings (SSSR count). The van der Waals surface area contributed by atoms with Crippen LogP contribution in [-0.2, 0) is 6.54 Å². The summed E-state index contributed by atoms with van der Waals surface area (Å²) in [7, 11) is 0. The van der Waals surface area contributed by atoms with Crippen molar-refractivity contribution in [1.29, 1.82) is 0 Å². The number of hydrogen-bond donors (Lipinski definition) is 1. The van der Waals surface area contributed by atoms with E-state index in [-0.39, 0.29) is 17.5 Å². The number of likely N-dealkylation sites (tertiary alicyclic amines) is 1. The van der Waals surface area contributed by atoms with Crippen molar-refractivity contribution in [2.24, 2.45) is 0 Å². The number of amides is 1. The normalized spacial score (nSPS) is 16.1. The van der Waals surface area contributed by atoms with Crippen LogP contribution in [-0.4, -0.2) is 29.9 Å². The molecule has 2 aromatic rings. The van der Waals surface area contributed by atoms with E-state index in [1.165, 1.54) is 17.7 Å². The van der Waals surface area contributed by atoms with Crippen LogP contribution in [0, 0.1) is 5.82 Å². The molecule has 1 saturated heterocycles. The Kier molecular flexibility index (Phi) is 5.63. The molecule has 0 spiro atoms. The van der Waals surface area contributed by atoms with E-state index in [9.17, 15) is 9.18 Å². The van der Waals surface area contributed by atoms with Gasteiger partial charge in [0.15, 0.2) is 0 Å². The Bertz CT molecular complexity index is 700. The molecule has 0 aromatic heterocycles. The molecule has 2 aromatic carbocycles. The van der Waals surface area contributed by atoms with Crippen molar-refractivity contribution in [1.82, 2.24) is 10.2 Å². The fraction of sp³-hybridized carbons (Fsp3) is 0.316. The van der Waals surface area contributed by atoms with E-state index in [0.29, 0.717) is 4.47 Å². The van der Waals surface area contributed by atoms with Crippen LogP contribution in [0.25, 0.3) is 0 Å². The Hall–Kier alpha value is -1.72. The van der Waals surface area contributed by atoms with Crippen molar-refractivity contribution in [3.8, 4) is 0 Å². The monoisotopic (exact) mass is 390 g/mol. The lowest BCUT2D eigenvalue weighted by molar-refractivity contribution is 0.0905. The number of carbonyl (C=O) groups is 1. The summed E-state index contributed by atoms with van der Waals surface area (Å²) < 4.78 is 14.5. The topological polar surface area (TPSA) is 32.3 Å². The maximum absolute atomic E-state index is 13.9. The van der Waals surface area contributed by atoms with E-state index in [1.54, 1.807) is 6.07 Å². The van der Waals surface area contributed by atoms with E-state index in [2.05, 4.69) is 50.4 Å². The Balaban J connectivity index is 1.51. The largest absolute Gasteiger partial charge is 0.349 e. The predicted octanol–water partition coefficient (Wildman–Crippen LogP) is 3.98. The van der Waals surface area contributed by atoms with Gasteiger partial charge in [-0.1, -0.05) is 46.3 Å². The third-order valence-corrected chi connectivity index (χ3v) is 4.84. The molecule has 3 nitrogen and oxygen atoms in total. The van der Waals surface area contributed by atoms with Gasteiger partial charge in [0.1, 0.15) is 5.82 Å². The first kappa shape index (κ1) is 17.1. The van der Waals surface area contributed by atoms with Gasteiger partial charge >= 0.3 is 0 Å². The van der Waals surface area contributed by atoms with E-state index >= 15 is 0 Å². The first-order chi connectivity index (χ1) is 11.6. The van der Waals surface area contributed by atoms with Gasteiger partial charge in [0, 0.05) is 30.1 Å². The summed E-state index contributed by atoms with van der Waals surface area (Å²) >= 11 is 3.20. The zero-order chi connectivity index (χ0) is 16.9. The molecule has 1 fully saturated rings. The summed E-state index contributed by atoms with van der Waals surface area (Å²) in [6.45, 7) is 2.80. The van der Waals surface area contributed by atoms with Gasteiger partial charge in [-0.05, 0) is 36.6 Å². The Labute approximate surface area is 150 Å². The summed E-state index contributed by atoms with van der Waals surface area (Å²) in [5.74, 6) is -0.829. The minimum atomic E-state index is -0.497. The van der Waals surface area contributed by atoms with Crippen molar-refractivity contribution in [3.63, 3.8) is 0 Å². The highest BCUT2D eigenvalue weighted by Crippen LogP contribution is 2.17. The number of nitrogens with one attached hydrogen (secondary N) is 1. The smallest absolute Gasteiger partial charge is 0.254 e. The van der Waals surface area contributed by atoms with Crippen LogP contribution >= 0.6 is 15.9 Å². The summed E-state index contributed by atoms with van der Waals surface area (Å²) in [5.41, 5.74) is 1.40. The Morgan fingerprint density at radius 1 is 1.17 bits per heavy atom. The van der Waals surface area contributed by atoms with Crippen LogP contribution in [0.4, 0.5) is 4.39 Å². The SMILES string of the molecule is O=C(NC1CCN(Cc2ccccc2)CC1)c1ccc(Br)cc1F. The third kappa shape index (κ3) is 4.42. The molecule has 1 N–H and O–H groups in total. The number of piperidine rings is 1. The van der Waals surface area contributed by atoms with Crippen LogP contribution in [0.1, 0.15) is 28.8 Å². The number of benzene rings is 2. The van der Waals surface area contributed by atoms with Gasteiger partial charge in [-0.15, -0.1) is 0 Å². The molecule has 0 radical (unpaired) electrons. The number of halogens is 2. The molecule has 0 aliphatic carbocycles. The van der Waals surface area contributed by atoms with Crippen LogP contribution in [0.15, 0.2) is 53.0 Å². The van der Waals surface area contributed by atoms with E-state index < -0.39 is 5.82 Å². The van der Waals surface area contributed by atoms with Gasteiger partial charge in [-0.3, -0.25) is 9.69 Å². The van der Waals surface area contributed by atoms with Crippen LogP contribution < -0.4 is 5.32 Å². The van der Waals surface area contributed by atoms with Gasteiger partial charge in [0.2, 0.25) is 0 Å². The molecule has 0 bridgehead atoms. The highest BCUT2D eigenvalue weighted by molar-refractivity contribution is 9.10. The highest BCUT2D eigenvalue weighted by atomic mass is 79.9. The molecular weight excluding hydrogens is 371 g/mol. The van der Waals surface area contributed by atoms with E-state index in [1.807, 2.05) is 6.07 Å². The molecule has 1 heterocycles. The molecule has 1 aliphatic heterocycles. The van der Waals surface area contributed by atoms with Crippen LogP contribution in [0.2, 0.25) is 0 Å². The molecular formula is C19H20BrFN2O. The summed E-state index contributed by atoms with van der Waals surface area (Å²) in [6.07, 6.45) is 1.77. The fourth-order valence-corrected chi connectivity index (χ4v) is 3.35. The average molecular weight is 391 g/mol. The van der Waals surface area contributed by atoms with Gasteiger partial charge < -0.3 is 5.32 Å². The first-order valence-electron chi connectivity index (χ1n) is 8.14. The maximum Gasteiger partial charge on any atom is 0.254 e. The molecule has 0 atom stereocenters. The van der Waals surface area contributed by atoms with E-state index in [0.717, 1.165) is 32.5 Å². The second-order valence-electron chi connectivity index (χ2n) is 6.13.